The number of para-hydroxylation sites is 4. The van der Waals surface area contributed by atoms with Crippen LogP contribution in [-0.2, 0) is 0 Å². The van der Waals surface area contributed by atoms with Gasteiger partial charge in [-0.3, -0.25) is 0 Å². The molecule has 0 spiro atoms. The molecule has 0 amide bonds. The Balaban J connectivity index is 0.00000137. The van der Waals surface area contributed by atoms with Crippen LogP contribution in [0.5, 0.6) is 0 Å². The SMILES string of the molecule is C.C/C=C\C(=C/C)n1c2ccccc2c2cc(N(c3ccccc3)c3c4ccccc4c(N(c4ccccc4)c4ccc5c(c4)c4ccccc4n5/C=C/C)c4ccccc34)ccc21.C=CC. The molecule has 4 heteroatoms. The number of hydrogen-bond donors (Lipinski definition) is 0. The summed E-state index contributed by atoms with van der Waals surface area (Å²) < 4.78 is 4.68. The molecule has 0 aliphatic rings. The highest BCUT2D eigenvalue weighted by Gasteiger charge is 2.26. The molecule has 328 valence electrons. The van der Waals surface area contributed by atoms with Crippen LogP contribution >= 0.6 is 0 Å². The van der Waals surface area contributed by atoms with E-state index in [-0.39, 0.29) is 7.43 Å². The number of rotatable bonds is 9. The van der Waals surface area contributed by atoms with E-state index in [2.05, 4.69) is 271 Å². The summed E-state index contributed by atoms with van der Waals surface area (Å²) in [4.78, 5) is 4.94. The van der Waals surface area contributed by atoms with E-state index < -0.39 is 0 Å². The molecule has 0 bridgehead atoms. The lowest BCUT2D eigenvalue weighted by Crippen LogP contribution is -2.14. The minimum absolute atomic E-state index is 0. The quantitative estimate of drug-likeness (QED) is 0.0622. The molecule has 11 aromatic rings. The maximum absolute atomic E-state index is 3.36. The van der Waals surface area contributed by atoms with Gasteiger partial charge in [0, 0.05) is 77.7 Å². The fourth-order valence-electron chi connectivity index (χ4n) is 9.82. The summed E-state index contributed by atoms with van der Waals surface area (Å²) in [7, 11) is 0. The van der Waals surface area contributed by atoms with Gasteiger partial charge in [0.1, 0.15) is 0 Å². The third-order valence-electron chi connectivity index (χ3n) is 12.4. The standard InChI is InChI=1S/C59H46N4.C3H6.CH4/c1-4-21-41(6-3)63-56-33-20-18-27-47(56)53-40-45(35-37-57(53)63)62(43-24-11-8-12-25-43)59-50-30-15-13-28-48(50)58(49-29-14-16-31-51(49)59)61(42-22-9-7-10-23-42)44-34-36-55-52(39-44)46-26-17-19-32-54(46)60(55)38-5-2;1-3-2;/h4-40H,1-3H3;3H,1H2,2H3;1H4/b21-4-,38-5+,41-6+;;. The van der Waals surface area contributed by atoms with Gasteiger partial charge in [0.05, 0.1) is 33.4 Å². The molecule has 0 aliphatic heterocycles. The first-order chi connectivity index (χ1) is 32.6. The van der Waals surface area contributed by atoms with Crippen molar-refractivity contribution in [1.29, 1.82) is 0 Å². The predicted molar refractivity (Wildman–Crippen MR) is 295 cm³/mol. The molecule has 0 radical (unpaired) electrons. The maximum atomic E-state index is 3.36. The molecule has 0 aliphatic carbocycles. The van der Waals surface area contributed by atoms with Gasteiger partial charge in [-0.25, -0.2) is 0 Å². The molecule has 2 heterocycles. The van der Waals surface area contributed by atoms with Crippen molar-refractivity contribution in [2.24, 2.45) is 0 Å². The van der Waals surface area contributed by atoms with Crippen LogP contribution in [0.2, 0.25) is 0 Å². The van der Waals surface area contributed by atoms with Crippen molar-refractivity contribution >= 4 is 111 Å². The van der Waals surface area contributed by atoms with Crippen LogP contribution in [0.15, 0.2) is 231 Å². The average molecular weight is 869 g/mol. The second kappa shape index (κ2) is 19.0. The molecular formula is C63H56N4. The van der Waals surface area contributed by atoms with Crippen molar-refractivity contribution in [2.75, 3.05) is 9.80 Å². The van der Waals surface area contributed by atoms with E-state index in [0.29, 0.717) is 0 Å². The molecule has 4 nitrogen and oxygen atoms in total. The Labute approximate surface area is 394 Å². The summed E-state index contributed by atoms with van der Waals surface area (Å²) in [5.41, 5.74) is 12.5. The van der Waals surface area contributed by atoms with Gasteiger partial charge in [0.2, 0.25) is 0 Å². The van der Waals surface area contributed by atoms with E-state index in [1.165, 1.54) is 43.6 Å². The first-order valence-electron chi connectivity index (χ1n) is 22.8. The molecular weight excluding hydrogens is 813 g/mol. The average Bonchev–Trinajstić information content (AvgIpc) is 3.86. The van der Waals surface area contributed by atoms with Crippen molar-refractivity contribution in [1.82, 2.24) is 9.13 Å². The lowest BCUT2D eigenvalue weighted by Gasteiger charge is -2.33. The second-order valence-corrected chi connectivity index (χ2v) is 16.4. The number of anilines is 6. The van der Waals surface area contributed by atoms with E-state index >= 15 is 0 Å². The predicted octanol–water partition coefficient (Wildman–Crippen LogP) is 18.9. The van der Waals surface area contributed by atoms with Gasteiger partial charge in [0.25, 0.3) is 0 Å². The lowest BCUT2D eigenvalue weighted by molar-refractivity contribution is 1.23. The molecule has 0 fully saturated rings. The second-order valence-electron chi connectivity index (χ2n) is 16.4. The van der Waals surface area contributed by atoms with Crippen molar-refractivity contribution in [2.45, 2.75) is 35.1 Å². The fraction of sp³-hybridized carbons (Fsp3) is 0.0794. The van der Waals surface area contributed by atoms with Crippen molar-refractivity contribution in [3.63, 3.8) is 0 Å². The van der Waals surface area contributed by atoms with Crippen molar-refractivity contribution in [3.8, 4) is 0 Å². The molecule has 67 heavy (non-hydrogen) atoms. The van der Waals surface area contributed by atoms with Crippen molar-refractivity contribution in [3.05, 3.63) is 231 Å². The Hall–Kier alpha value is -8.34. The van der Waals surface area contributed by atoms with Gasteiger partial charge >= 0.3 is 0 Å². The van der Waals surface area contributed by atoms with Crippen LogP contribution in [0.3, 0.4) is 0 Å². The van der Waals surface area contributed by atoms with Crippen LogP contribution < -0.4 is 9.80 Å². The molecule has 0 unspecified atom stereocenters. The normalized spacial score (nSPS) is 11.8. The number of nitrogens with zero attached hydrogens (tertiary/aromatic N) is 4. The number of benzene rings is 9. The van der Waals surface area contributed by atoms with E-state index in [1.54, 1.807) is 6.08 Å². The minimum Gasteiger partial charge on any atom is -0.316 e. The molecule has 9 aromatic carbocycles. The van der Waals surface area contributed by atoms with Crippen LogP contribution in [0.4, 0.5) is 34.1 Å². The maximum Gasteiger partial charge on any atom is 0.0619 e. The summed E-state index contributed by atoms with van der Waals surface area (Å²) in [6, 6.07) is 71.0. The molecule has 0 saturated carbocycles. The van der Waals surface area contributed by atoms with Crippen LogP contribution in [0.1, 0.15) is 35.1 Å². The van der Waals surface area contributed by atoms with Gasteiger partial charge < -0.3 is 18.9 Å². The number of hydrogen-bond acceptors (Lipinski definition) is 2. The smallest absolute Gasteiger partial charge is 0.0619 e. The highest BCUT2D eigenvalue weighted by atomic mass is 15.2. The van der Waals surface area contributed by atoms with Gasteiger partial charge in [-0.2, -0.15) is 0 Å². The summed E-state index contributed by atoms with van der Waals surface area (Å²) >= 11 is 0. The van der Waals surface area contributed by atoms with Crippen molar-refractivity contribution < 1.29 is 0 Å². The Bertz CT molecular complexity index is 3600. The fourth-order valence-corrected chi connectivity index (χ4v) is 9.82. The van der Waals surface area contributed by atoms with Gasteiger partial charge in [-0.1, -0.05) is 153 Å². The topological polar surface area (TPSA) is 16.3 Å². The zero-order valence-electron chi connectivity index (χ0n) is 37.9. The molecule has 2 aromatic heterocycles. The Morgan fingerprint density at radius 1 is 0.403 bits per heavy atom. The zero-order chi connectivity index (χ0) is 45.1. The molecule has 11 rings (SSSR count). The summed E-state index contributed by atoms with van der Waals surface area (Å²) in [5, 5.41) is 9.52. The zero-order valence-corrected chi connectivity index (χ0v) is 37.9. The van der Waals surface area contributed by atoms with Gasteiger partial charge in [-0.15, -0.1) is 6.58 Å². The molecule has 0 atom stereocenters. The Morgan fingerprint density at radius 2 is 0.776 bits per heavy atom. The van der Waals surface area contributed by atoms with Crippen LogP contribution in [-0.4, -0.2) is 9.13 Å². The van der Waals surface area contributed by atoms with Crippen LogP contribution in [0, 0.1) is 0 Å². The van der Waals surface area contributed by atoms with E-state index in [4.69, 9.17) is 0 Å². The Morgan fingerprint density at radius 3 is 1.24 bits per heavy atom. The summed E-state index contributed by atoms with van der Waals surface area (Å²) in [6.07, 6.45) is 12.5. The highest BCUT2D eigenvalue weighted by Crippen LogP contribution is 2.52. The lowest BCUT2D eigenvalue weighted by atomic mass is 9.95. The largest absolute Gasteiger partial charge is 0.316 e. The number of allylic oxidation sites excluding steroid dienone is 6. The van der Waals surface area contributed by atoms with Crippen LogP contribution in [0.25, 0.3) is 77.1 Å². The third kappa shape index (κ3) is 7.57. The first-order valence-corrected chi connectivity index (χ1v) is 22.8. The summed E-state index contributed by atoms with van der Waals surface area (Å²) in [6.45, 7) is 11.5. The minimum atomic E-state index is 0. The third-order valence-corrected chi connectivity index (χ3v) is 12.4. The van der Waals surface area contributed by atoms with E-state index in [0.717, 1.165) is 61.4 Å². The van der Waals surface area contributed by atoms with E-state index in [9.17, 15) is 0 Å². The Kier molecular flexibility index (Phi) is 12.5. The molecule has 0 N–H and O–H groups in total. The molecule has 0 saturated heterocycles. The highest BCUT2D eigenvalue weighted by molar-refractivity contribution is 6.24. The monoisotopic (exact) mass is 868 g/mol. The van der Waals surface area contributed by atoms with Gasteiger partial charge in [0.15, 0.2) is 0 Å². The number of fused-ring (bicyclic) bond motifs is 8. The van der Waals surface area contributed by atoms with Gasteiger partial charge in [-0.05, 0) is 107 Å². The van der Waals surface area contributed by atoms with E-state index in [1.807, 2.05) is 6.92 Å². The first kappa shape index (κ1) is 43.9. The number of aromatic nitrogens is 2. The summed E-state index contributed by atoms with van der Waals surface area (Å²) in [5.74, 6) is 0.